The lowest BCUT2D eigenvalue weighted by molar-refractivity contribution is -0.274. The van der Waals surface area contributed by atoms with Gasteiger partial charge in [0.1, 0.15) is 11.9 Å². The Morgan fingerprint density at radius 2 is 1.52 bits per heavy atom. The van der Waals surface area contributed by atoms with E-state index in [-0.39, 0.29) is 24.2 Å². The fourth-order valence-electron chi connectivity index (χ4n) is 4.90. The van der Waals surface area contributed by atoms with Crippen LogP contribution >= 0.6 is 0 Å². The van der Waals surface area contributed by atoms with Gasteiger partial charge in [0.2, 0.25) is 0 Å². The van der Waals surface area contributed by atoms with E-state index in [1.54, 1.807) is 18.2 Å². The van der Waals surface area contributed by atoms with Crippen LogP contribution in [0.15, 0.2) is 36.9 Å². The average molecular weight is 410 g/mol. The topological polar surface area (TPSA) is 35.5 Å². The number of ether oxygens (including phenoxy) is 2. The summed E-state index contributed by atoms with van der Waals surface area (Å²) in [6.45, 7) is 3.56. The smallest absolute Gasteiger partial charge is 0.462 e. The molecule has 3 rings (SSSR count). The Morgan fingerprint density at radius 1 is 0.966 bits per heavy atom. The third-order valence-corrected chi connectivity index (χ3v) is 6.35. The van der Waals surface area contributed by atoms with E-state index < -0.39 is 6.36 Å². The minimum absolute atomic E-state index is 0.0486. The van der Waals surface area contributed by atoms with E-state index in [4.69, 9.17) is 4.74 Å². The third kappa shape index (κ3) is 6.51. The Morgan fingerprint density at radius 3 is 2.03 bits per heavy atom. The molecule has 0 radical (unpaired) electrons. The highest BCUT2D eigenvalue weighted by Crippen LogP contribution is 2.43. The molecule has 160 valence electrons. The molecule has 0 saturated heterocycles. The lowest BCUT2D eigenvalue weighted by Gasteiger charge is -2.37. The second-order valence-electron chi connectivity index (χ2n) is 8.25. The van der Waals surface area contributed by atoms with Crippen molar-refractivity contribution in [3.8, 4) is 5.75 Å². The summed E-state index contributed by atoms with van der Waals surface area (Å²) in [6.07, 6.45) is 5.76. The summed E-state index contributed by atoms with van der Waals surface area (Å²) < 4.78 is 46.3. The molecule has 29 heavy (non-hydrogen) atoms. The molecule has 2 aliphatic carbocycles. The molecule has 2 aliphatic rings. The molecule has 0 N–H and O–H groups in total. The van der Waals surface area contributed by atoms with E-state index in [1.165, 1.54) is 12.1 Å². The highest BCUT2D eigenvalue weighted by molar-refractivity contribution is 5.71. The van der Waals surface area contributed by atoms with Crippen molar-refractivity contribution < 1.29 is 27.4 Å². The highest BCUT2D eigenvalue weighted by atomic mass is 19.4. The summed E-state index contributed by atoms with van der Waals surface area (Å²) in [5.74, 6) is 1.44. The van der Waals surface area contributed by atoms with E-state index in [0.29, 0.717) is 17.8 Å². The highest BCUT2D eigenvalue weighted by Gasteiger charge is 2.33. The molecule has 0 atom stereocenters. The Kier molecular flexibility index (Phi) is 7.25. The van der Waals surface area contributed by atoms with Gasteiger partial charge in [0.05, 0.1) is 6.42 Å². The van der Waals surface area contributed by atoms with E-state index in [9.17, 15) is 18.0 Å². The maximum atomic E-state index is 12.3. The first-order valence-electron chi connectivity index (χ1n) is 10.5. The summed E-state index contributed by atoms with van der Waals surface area (Å²) in [5, 5.41) is 0. The number of esters is 1. The van der Waals surface area contributed by atoms with Crippen LogP contribution < -0.4 is 4.74 Å². The first kappa shape index (κ1) is 21.7. The maximum absolute atomic E-state index is 12.3. The zero-order valence-corrected chi connectivity index (χ0v) is 16.6. The van der Waals surface area contributed by atoms with Crippen molar-refractivity contribution in [2.45, 2.75) is 76.2 Å². The van der Waals surface area contributed by atoms with Gasteiger partial charge in [0.15, 0.2) is 0 Å². The lowest BCUT2D eigenvalue weighted by atomic mass is 9.69. The SMILES string of the molecule is C=CCC(=O)OC1CCC([C@H]2CC[C@H](c3ccc(OC(F)(F)F)cc3)CC2)CC1. The Bertz CT molecular complexity index is 668. The van der Waals surface area contributed by atoms with Crippen molar-refractivity contribution in [3.63, 3.8) is 0 Å². The molecule has 0 spiro atoms. The molecule has 0 heterocycles. The monoisotopic (exact) mass is 410 g/mol. The second-order valence-corrected chi connectivity index (χ2v) is 8.25. The van der Waals surface area contributed by atoms with Gasteiger partial charge < -0.3 is 9.47 Å². The fraction of sp³-hybridized carbons (Fsp3) is 0.609. The van der Waals surface area contributed by atoms with Gasteiger partial charge in [-0.15, -0.1) is 19.8 Å². The van der Waals surface area contributed by atoms with Gasteiger partial charge in [-0.1, -0.05) is 18.2 Å². The zero-order chi connectivity index (χ0) is 20.9. The predicted octanol–water partition coefficient (Wildman–Crippen LogP) is 6.54. The number of halogens is 3. The molecule has 3 nitrogen and oxygen atoms in total. The molecule has 0 unspecified atom stereocenters. The van der Waals surface area contributed by atoms with E-state index in [2.05, 4.69) is 11.3 Å². The number of alkyl halides is 3. The van der Waals surface area contributed by atoms with Gasteiger partial charge in [-0.2, -0.15) is 0 Å². The van der Waals surface area contributed by atoms with Crippen LogP contribution in [0.2, 0.25) is 0 Å². The van der Waals surface area contributed by atoms with Crippen LogP contribution in [0.25, 0.3) is 0 Å². The molecule has 0 aromatic heterocycles. The molecule has 0 amide bonds. The largest absolute Gasteiger partial charge is 0.573 e. The number of carbonyl (C=O) groups excluding carboxylic acids is 1. The summed E-state index contributed by atoms with van der Waals surface area (Å²) in [7, 11) is 0. The Hall–Kier alpha value is -1.98. The normalized spacial score (nSPS) is 27.8. The molecular weight excluding hydrogens is 381 g/mol. The van der Waals surface area contributed by atoms with Gasteiger partial charge in [0, 0.05) is 0 Å². The molecule has 1 aromatic rings. The van der Waals surface area contributed by atoms with Gasteiger partial charge in [-0.25, -0.2) is 0 Å². The quantitative estimate of drug-likeness (QED) is 0.395. The van der Waals surface area contributed by atoms with E-state index in [0.717, 1.165) is 56.9 Å². The van der Waals surface area contributed by atoms with Crippen molar-refractivity contribution in [1.29, 1.82) is 0 Å². The number of rotatable bonds is 6. The Labute approximate surface area is 170 Å². The van der Waals surface area contributed by atoms with Crippen LogP contribution in [0.5, 0.6) is 5.75 Å². The minimum Gasteiger partial charge on any atom is -0.462 e. The average Bonchev–Trinajstić information content (AvgIpc) is 2.68. The van der Waals surface area contributed by atoms with Crippen molar-refractivity contribution in [2.75, 3.05) is 0 Å². The van der Waals surface area contributed by atoms with Crippen LogP contribution in [0.3, 0.4) is 0 Å². The number of benzene rings is 1. The third-order valence-electron chi connectivity index (χ3n) is 6.35. The zero-order valence-electron chi connectivity index (χ0n) is 16.6. The second kappa shape index (κ2) is 9.68. The Balaban J connectivity index is 1.43. The predicted molar refractivity (Wildman–Crippen MR) is 104 cm³/mol. The number of hydrogen-bond donors (Lipinski definition) is 0. The van der Waals surface area contributed by atoms with Gasteiger partial charge in [0.25, 0.3) is 0 Å². The maximum Gasteiger partial charge on any atom is 0.573 e. The van der Waals surface area contributed by atoms with Gasteiger partial charge in [-0.3, -0.25) is 4.79 Å². The summed E-state index contributed by atoms with van der Waals surface area (Å²) in [5.41, 5.74) is 1.09. The summed E-state index contributed by atoms with van der Waals surface area (Å²) in [4.78, 5) is 11.6. The van der Waals surface area contributed by atoms with Crippen molar-refractivity contribution in [3.05, 3.63) is 42.5 Å². The summed E-state index contributed by atoms with van der Waals surface area (Å²) in [6, 6.07) is 6.33. The van der Waals surface area contributed by atoms with E-state index >= 15 is 0 Å². The van der Waals surface area contributed by atoms with E-state index in [1.807, 2.05) is 0 Å². The van der Waals surface area contributed by atoms with Crippen molar-refractivity contribution >= 4 is 5.97 Å². The molecule has 2 saturated carbocycles. The summed E-state index contributed by atoms with van der Waals surface area (Å²) >= 11 is 0. The van der Waals surface area contributed by atoms with Crippen LogP contribution in [0.1, 0.15) is 69.3 Å². The number of hydrogen-bond acceptors (Lipinski definition) is 3. The molecule has 2 fully saturated rings. The molecule has 1 aromatic carbocycles. The molecule has 0 bridgehead atoms. The number of carbonyl (C=O) groups is 1. The standard InChI is InChI=1S/C23H29F3O3/c1-2-3-22(27)28-20-12-8-18(9-13-20)16-4-6-17(7-5-16)19-10-14-21(15-11-19)29-23(24,25)26/h2,10-11,14-18,20H,1,3-9,12-13H2/t16-,17-,18?,20?. The van der Waals surface area contributed by atoms with Crippen molar-refractivity contribution in [1.82, 2.24) is 0 Å². The van der Waals surface area contributed by atoms with Crippen LogP contribution in [-0.2, 0) is 9.53 Å². The first-order valence-corrected chi connectivity index (χ1v) is 10.5. The van der Waals surface area contributed by atoms with Crippen LogP contribution in [0, 0.1) is 11.8 Å². The van der Waals surface area contributed by atoms with Crippen molar-refractivity contribution in [2.24, 2.45) is 11.8 Å². The van der Waals surface area contributed by atoms with Gasteiger partial charge in [-0.05, 0) is 86.8 Å². The molecule has 6 heteroatoms. The van der Waals surface area contributed by atoms with Crippen LogP contribution in [0.4, 0.5) is 13.2 Å². The van der Waals surface area contributed by atoms with Gasteiger partial charge >= 0.3 is 12.3 Å². The molecular formula is C23H29F3O3. The fourth-order valence-corrected chi connectivity index (χ4v) is 4.90. The minimum atomic E-state index is -4.65. The van der Waals surface area contributed by atoms with Crippen LogP contribution in [-0.4, -0.2) is 18.4 Å². The lowest BCUT2D eigenvalue weighted by Crippen LogP contribution is -2.29. The first-order chi connectivity index (χ1) is 13.8. The molecule has 0 aliphatic heterocycles.